The highest BCUT2D eigenvalue weighted by Crippen LogP contribution is 2.27. The van der Waals surface area contributed by atoms with Gasteiger partial charge in [0, 0.05) is 24.8 Å². The molecule has 1 amide bonds. The number of nitrogens with one attached hydrogen (secondary N) is 1. The largest absolute Gasteiger partial charge is 0.444 e. The van der Waals surface area contributed by atoms with E-state index < -0.39 is 16.6 Å². The van der Waals surface area contributed by atoms with E-state index in [0.29, 0.717) is 10.9 Å². The van der Waals surface area contributed by atoms with Gasteiger partial charge >= 0.3 is 6.09 Å². The Bertz CT molecular complexity index is 880. The smallest absolute Gasteiger partial charge is 0.407 e. The third-order valence-electron chi connectivity index (χ3n) is 3.53. The summed E-state index contributed by atoms with van der Waals surface area (Å²) >= 11 is 0. The minimum absolute atomic E-state index is 0.0615. The molecular formula is C17H21N3O5. The molecule has 2 aromatic rings. The predicted molar refractivity (Wildman–Crippen MR) is 93.8 cm³/mol. The molecule has 0 spiro atoms. The Hall–Kier alpha value is -2.90. The standard InChI is InChI=1S/C17H21N3O5/c1-11-5-6-13-12(14(11)20(23)24)7-9-19(15(13)21)10-8-18-16(22)25-17(2,3)4/h5-7,9H,8,10H2,1-4H3,(H,18,22). The first-order chi connectivity index (χ1) is 11.6. The molecule has 0 aliphatic carbocycles. The van der Waals surface area contributed by atoms with Gasteiger partial charge in [0.25, 0.3) is 11.2 Å². The molecule has 2 rings (SSSR count). The number of nitro groups is 1. The monoisotopic (exact) mass is 347 g/mol. The van der Waals surface area contributed by atoms with E-state index in [1.807, 2.05) is 0 Å². The van der Waals surface area contributed by atoms with Crippen LogP contribution in [0.5, 0.6) is 0 Å². The summed E-state index contributed by atoms with van der Waals surface area (Å²) < 4.78 is 6.52. The van der Waals surface area contributed by atoms with Crippen molar-refractivity contribution in [3.8, 4) is 0 Å². The second-order valence-corrected chi connectivity index (χ2v) is 6.69. The first kappa shape index (κ1) is 18.4. The van der Waals surface area contributed by atoms with Gasteiger partial charge in [-0.1, -0.05) is 6.07 Å². The van der Waals surface area contributed by atoms with Crippen molar-refractivity contribution in [2.24, 2.45) is 0 Å². The van der Waals surface area contributed by atoms with Crippen LogP contribution in [0.1, 0.15) is 26.3 Å². The molecule has 0 unspecified atom stereocenters. The van der Waals surface area contributed by atoms with Gasteiger partial charge in [0.15, 0.2) is 0 Å². The third kappa shape index (κ3) is 4.34. The van der Waals surface area contributed by atoms with Crippen LogP contribution in [-0.4, -0.2) is 27.7 Å². The van der Waals surface area contributed by atoms with Crippen LogP contribution in [0, 0.1) is 17.0 Å². The van der Waals surface area contributed by atoms with Crippen molar-refractivity contribution in [1.29, 1.82) is 0 Å². The topological polar surface area (TPSA) is 103 Å². The highest BCUT2D eigenvalue weighted by molar-refractivity contribution is 5.91. The Balaban J connectivity index is 2.20. The molecular weight excluding hydrogens is 326 g/mol. The van der Waals surface area contributed by atoms with Gasteiger partial charge in [0.05, 0.1) is 15.7 Å². The van der Waals surface area contributed by atoms with E-state index in [0.717, 1.165) is 0 Å². The SMILES string of the molecule is Cc1ccc2c(=O)n(CCNC(=O)OC(C)(C)C)ccc2c1[N+](=O)[O-]. The number of ether oxygens (including phenoxy) is 1. The highest BCUT2D eigenvalue weighted by Gasteiger charge is 2.18. The Morgan fingerprint density at radius 3 is 2.56 bits per heavy atom. The molecule has 8 nitrogen and oxygen atoms in total. The van der Waals surface area contributed by atoms with Crippen molar-refractivity contribution in [3.05, 3.63) is 50.4 Å². The van der Waals surface area contributed by atoms with E-state index in [9.17, 15) is 19.7 Å². The Labute approximate surface area is 144 Å². The van der Waals surface area contributed by atoms with Crippen molar-refractivity contribution in [2.75, 3.05) is 6.54 Å². The zero-order chi connectivity index (χ0) is 18.8. The maximum atomic E-state index is 12.5. The van der Waals surface area contributed by atoms with Crippen LogP contribution in [0.4, 0.5) is 10.5 Å². The van der Waals surface area contributed by atoms with Crippen molar-refractivity contribution in [1.82, 2.24) is 9.88 Å². The second kappa shape index (κ2) is 6.92. The number of pyridine rings is 1. The van der Waals surface area contributed by atoms with E-state index >= 15 is 0 Å². The third-order valence-corrected chi connectivity index (χ3v) is 3.53. The number of aromatic nitrogens is 1. The molecule has 1 aromatic heterocycles. The number of carbonyl (C=O) groups is 1. The van der Waals surface area contributed by atoms with Crippen LogP contribution < -0.4 is 10.9 Å². The Kier molecular flexibility index (Phi) is 5.10. The molecule has 0 saturated heterocycles. The number of fused-ring (bicyclic) bond motifs is 1. The molecule has 0 atom stereocenters. The van der Waals surface area contributed by atoms with E-state index in [1.54, 1.807) is 45.9 Å². The number of rotatable bonds is 4. The van der Waals surface area contributed by atoms with Gasteiger partial charge in [-0.3, -0.25) is 14.9 Å². The molecule has 134 valence electrons. The summed E-state index contributed by atoms with van der Waals surface area (Å²) in [5.41, 5.74) is -0.498. The van der Waals surface area contributed by atoms with Crippen molar-refractivity contribution in [2.45, 2.75) is 39.8 Å². The molecule has 0 fully saturated rings. The number of amides is 1. The lowest BCUT2D eigenvalue weighted by molar-refractivity contribution is -0.383. The van der Waals surface area contributed by atoms with Crippen LogP contribution >= 0.6 is 0 Å². The average molecular weight is 347 g/mol. The number of nitro benzene ring substituents is 1. The maximum Gasteiger partial charge on any atom is 0.407 e. The van der Waals surface area contributed by atoms with E-state index in [1.165, 1.54) is 10.8 Å². The van der Waals surface area contributed by atoms with Crippen LogP contribution in [0.25, 0.3) is 10.8 Å². The molecule has 1 aromatic carbocycles. The van der Waals surface area contributed by atoms with Crippen molar-refractivity contribution in [3.63, 3.8) is 0 Å². The van der Waals surface area contributed by atoms with Crippen molar-refractivity contribution >= 4 is 22.6 Å². The summed E-state index contributed by atoms with van der Waals surface area (Å²) in [4.78, 5) is 34.9. The molecule has 0 bridgehead atoms. The molecule has 1 heterocycles. The lowest BCUT2D eigenvalue weighted by atomic mass is 10.1. The molecule has 25 heavy (non-hydrogen) atoms. The minimum Gasteiger partial charge on any atom is -0.444 e. The van der Waals surface area contributed by atoms with Gasteiger partial charge in [-0.15, -0.1) is 0 Å². The van der Waals surface area contributed by atoms with E-state index in [4.69, 9.17) is 4.74 Å². The Morgan fingerprint density at radius 2 is 1.96 bits per heavy atom. The highest BCUT2D eigenvalue weighted by atomic mass is 16.6. The zero-order valence-corrected chi connectivity index (χ0v) is 14.7. The van der Waals surface area contributed by atoms with Gasteiger partial charge < -0.3 is 14.6 Å². The summed E-state index contributed by atoms with van der Waals surface area (Å²) in [5.74, 6) is 0. The first-order valence-electron chi connectivity index (χ1n) is 7.84. The number of aryl methyl sites for hydroxylation is 1. The minimum atomic E-state index is -0.597. The number of alkyl carbamates (subject to hydrolysis) is 1. The molecule has 1 N–H and O–H groups in total. The molecule has 0 radical (unpaired) electrons. The van der Waals surface area contributed by atoms with Crippen LogP contribution in [0.3, 0.4) is 0 Å². The van der Waals surface area contributed by atoms with E-state index in [2.05, 4.69) is 5.32 Å². The van der Waals surface area contributed by atoms with Gasteiger partial charge in [-0.2, -0.15) is 0 Å². The lowest BCUT2D eigenvalue weighted by Crippen LogP contribution is -2.35. The summed E-state index contributed by atoms with van der Waals surface area (Å²) in [6.07, 6.45) is 0.932. The maximum absolute atomic E-state index is 12.5. The van der Waals surface area contributed by atoms with Gasteiger partial charge in [0.2, 0.25) is 0 Å². The average Bonchev–Trinajstić information content (AvgIpc) is 2.47. The fourth-order valence-corrected chi connectivity index (χ4v) is 2.47. The van der Waals surface area contributed by atoms with Crippen LogP contribution in [0.2, 0.25) is 0 Å². The number of carbonyl (C=O) groups excluding carboxylic acids is 1. The molecule has 0 saturated carbocycles. The zero-order valence-electron chi connectivity index (χ0n) is 14.7. The van der Waals surface area contributed by atoms with E-state index in [-0.39, 0.29) is 29.7 Å². The first-order valence-corrected chi connectivity index (χ1v) is 7.84. The van der Waals surface area contributed by atoms with Gasteiger partial charge in [-0.05, 0) is 39.8 Å². The summed E-state index contributed by atoms with van der Waals surface area (Å²) in [6.45, 7) is 7.34. The fraction of sp³-hybridized carbons (Fsp3) is 0.412. The van der Waals surface area contributed by atoms with Crippen LogP contribution in [0.15, 0.2) is 29.2 Å². The predicted octanol–water partition coefficient (Wildman–Crippen LogP) is 2.74. The quantitative estimate of drug-likeness (QED) is 0.676. The number of benzene rings is 1. The molecule has 0 aliphatic heterocycles. The van der Waals surface area contributed by atoms with Gasteiger partial charge in [-0.25, -0.2) is 4.79 Å². The second-order valence-electron chi connectivity index (χ2n) is 6.69. The number of hydrogen-bond donors (Lipinski definition) is 1. The van der Waals surface area contributed by atoms with Gasteiger partial charge in [0.1, 0.15) is 5.60 Å². The normalized spacial score (nSPS) is 11.4. The lowest BCUT2D eigenvalue weighted by Gasteiger charge is -2.19. The number of nitrogens with zero attached hydrogens (tertiary/aromatic N) is 2. The summed E-state index contributed by atoms with van der Waals surface area (Å²) in [7, 11) is 0. The number of hydrogen-bond acceptors (Lipinski definition) is 5. The van der Waals surface area contributed by atoms with Crippen LogP contribution in [-0.2, 0) is 11.3 Å². The summed E-state index contributed by atoms with van der Waals surface area (Å²) in [6, 6.07) is 4.69. The fourth-order valence-electron chi connectivity index (χ4n) is 2.47. The molecule has 0 aliphatic rings. The molecule has 8 heteroatoms. The summed E-state index contributed by atoms with van der Waals surface area (Å²) in [5, 5.41) is 14.4. The Morgan fingerprint density at radius 1 is 1.28 bits per heavy atom. The van der Waals surface area contributed by atoms with Crippen molar-refractivity contribution < 1.29 is 14.5 Å².